The van der Waals surface area contributed by atoms with Crippen LogP contribution in [0.25, 0.3) is 0 Å². The molecule has 0 unspecified atom stereocenters. The van der Waals surface area contributed by atoms with Gasteiger partial charge in [0.25, 0.3) is 0 Å². The Kier molecular flexibility index (Phi) is 7.45. The number of aliphatic carboxylic acids is 1. The number of benzene rings is 1. The maximum atomic E-state index is 11.9. The molecule has 8 heteroatoms. The number of ether oxygens (including phenoxy) is 1. The lowest BCUT2D eigenvalue weighted by molar-refractivity contribution is -0.141. The Bertz CT molecular complexity index is 491. The number of carbonyl (C=O) groups is 2. The van der Waals surface area contributed by atoms with Gasteiger partial charge >= 0.3 is 5.97 Å². The molecule has 0 aromatic heterocycles. The first-order valence-electron chi connectivity index (χ1n) is 6.13. The largest absolute Gasteiger partial charge is 0.480 e. The van der Waals surface area contributed by atoms with Crippen molar-refractivity contribution in [2.45, 2.75) is 12.5 Å². The summed E-state index contributed by atoms with van der Waals surface area (Å²) in [5.74, 6) is -1.56. The van der Waals surface area contributed by atoms with Crippen molar-refractivity contribution in [3.63, 3.8) is 0 Å². The van der Waals surface area contributed by atoms with Crippen LogP contribution in [-0.4, -0.2) is 43.3 Å². The molecule has 0 spiro atoms. The Morgan fingerprint density at radius 3 is 2.43 bits per heavy atom. The molecule has 0 radical (unpaired) electrons. The highest BCUT2D eigenvalue weighted by atomic mass is 35.5. The summed E-state index contributed by atoms with van der Waals surface area (Å²) in [5, 5.41) is 15.1. The monoisotopic (exact) mass is 334 g/mol. The van der Waals surface area contributed by atoms with E-state index in [0.29, 0.717) is 28.9 Å². The van der Waals surface area contributed by atoms with E-state index >= 15 is 0 Å². The highest BCUT2D eigenvalue weighted by molar-refractivity contribution is 6.35. The van der Waals surface area contributed by atoms with Crippen LogP contribution in [0.4, 0.5) is 5.69 Å². The second-order valence-corrected chi connectivity index (χ2v) is 5.12. The van der Waals surface area contributed by atoms with Gasteiger partial charge in [-0.2, -0.15) is 0 Å². The Morgan fingerprint density at radius 1 is 1.29 bits per heavy atom. The van der Waals surface area contributed by atoms with Gasteiger partial charge in [-0.3, -0.25) is 9.59 Å². The molecule has 6 nitrogen and oxygen atoms in total. The fourth-order valence-corrected chi connectivity index (χ4v) is 2.13. The summed E-state index contributed by atoms with van der Waals surface area (Å²) in [6, 6.07) is 3.60. The number of carbonyl (C=O) groups excluding carboxylic acids is 1. The van der Waals surface area contributed by atoms with E-state index in [0.717, 1.165) is 0 Å². The second-order valence-electron chi connectivity index (χ2n) is 4.25. The van der Waals surface area contributed by atoms with Gasteiger partial charge < -0.3 is 20.5 Å². The molecule has 1 aromatic rings. The lowest BCUT2D eigenvalue weighted by atomic mass is 10.2. The average Bonchev–Trinajstić information content (AvgIpc) is 2.36. The van der Waals surface area contributed by atoms with Crippen LogP contribution in [0.1, 0.15) is 6.42 Å². The summed E-state index contributed by atoms with van der Waals surface area (Å²) in [7, 11) is 1.51. The number of halogens is 2. The first kappa shape index (κ1) is 17.7. The number of hydrogen-bond donors (Lipinski definition) is 3. The quantitative estimate of drug-likeness (QED) is 0.633. The van der Waals surface area contributed by atoms with Gasteiger partial charge in [-0.25, -0.2) is 0 Å². The first-order chi connectivity index (χ1) is 9.92. The zero-order chi connectivity index (χ0) is 15.8. The van der Waals surface area contributed by atoms with Gasteiger partial charge in [0.15, 0.2) is 0 Å². The van der Waals surface area contributed by atoms with Crippen molar-refractivity contribution in [2.24, 2.45) is 0 Å². The number of carboxylic acid groups (broad SMARTS) is 1. The fourth-order valence-electron chi connectivity index (χ4n) is 1.61. The maximum Gasteiger partial charge on any atom is 0.321 e. The van der Waals surface area contributed by atoms with Crippen molar-refractivity contribution in [3.8, 4) is 0 Å². The summed E-state index contributed by atoms with van der Waals surface area (Å²) in [6.45, 7) is 0.693. The molecule has 1 rings (SSSR count). The zero-order valence-electron chi connectivity index (χ0n) is 11.4. The molecule has 0 aliphatic carbocycles. The van der Waals surface area contributed by atoms with Crippen molar-refractivity contribution >= 4 is 40.8 Å². The Balaban J connectivity index is 2.58. The van der Waals surface area contributed by atoms with E-state index in [1.807, 2.05) is 0 Å². The lowest BCUT2D eigenvalue weighted by Crippen LogP contribution is -2.41. The molecular weight excluding hydrogens is 319 g/mol. The highest BCUT2D eigenvalue weighted by Gasteiger charge is 2.20. The minimum atomic E-state index is -1.11. The molecular formula is C13H16Cl2N2O4. The highest BCUT2D eigenvalue weighted by Crippen LogP contribution is 2.22. The third-order valence-corrected chi connectivity index (χ3v) is 2.97. The van der Waals surface area contributed by atoms with E-state index in [4.69, 9.17) is 33.0 Å². The van der Waals surface area contributed by atoms with Crippen LogP contribution < -0.4 is 10.6 Å². The number of anilines is 1. The van der Waals surface area contributed by atoms with Gasteiger partial charge in [0.05, 0.1) is 13.0 Å². The zero-order valence-corrected chi connectivity index (χ0v) is 12.9. The van der Waals surface area contributed by atoms with Crippen LogP contribution >= 0.6 is 23.2 Å². The summed E-state index contributed by atoms with van der Waals surface area (Å²) in [5.41, 5.74) is 0.415. The number of hydrogen-bond acceptors (Lipinski definition) is 4. The number of amides is 1. The third-order valence-electron chi connectivity index (χ3n) is 2.53. The van der Waals surface area contributed by atoms with E-state index in [1.54, 1.807) is 0 Å². The molecule has 0 aliphatic rings. The normalized spacial score (nSPS) is 12.0. The van der Waals surface area contributed by atoms with Crippen LogP contribution in [0.15, 0.2) is 18.2 Å². The minimum Gasteiger partial charge on any atom is -0.480 e. The van der Waals surface area contributed by atoms with Crippen molar-refractivity contribution in [3.05, 3.63) is 28.2 Å². The molecule has 0 saturated carbocycles. The third kappa shape index (κ3) is 6.77. The SMILES string of the molecule is COCCN[C@@H](CC(=O)Nc1cc(Cl)cc(Cl)c1)C(=O)O. The molecule has 21 heavy (non-hydrogen) atoms. The molecule has 0 heterocycles. The van der Waals surface area contributed by atoms with Gasteiger partial charge in [-0.15, -0.1) is 0 Å². The molecule has 0 fully saturated rings. The van der Waals surface area contributed by atoms with Crippen molar-refractivity contribution in [2.75, 3.05) is 25.6 Å². The molecule has 1 aromatic carbocycles. The summed E-state index contributed by atoms with van der Waals surface area (Å²) in [6.07, 6.45) is -0.219. The maximum absolute atomic E-state index is 11.9. The molecule has 0 aliphatic heterocycles. The van der Waals surface area contributed by atoms with Crippen molar-refractivity contribution in [1.29, 1.82) is 0 Å². The van der Waals surface area contributed by atoms with Crippen LogP contribution in [0.2, 0.25) is 10.0 Å². The summed E-state index contributed by atoms with van der Waals surface area (Å²) >= 11 is 11.6. The Morgan fingerprint density at radius 2 is 1.90 bits per heavy atom. The fraction of sp³-hybridized carbons (Fsp3) is 0.385. The van der Waals surface area contributed by atoms with Gasteiger partial charge in [-0.1, -0.05) is 23.2 Å². The molecule has 0 bridgehead atoms. The second kappa shape index (κ2) is 8.84. The molecule has 1 amide bonds. The average molecular weight is 335 g/mol. The minimum absolute atomic E-state index is 0.219. The van der Waals surface area contributed by atoms with Gasteiger partial charge in [-0.05, 0) is 18.2 Å². The Hall–Kier alpha value is -1.34. The van der Waals surface area contributed by atoms with Gasteiger partial charge in [0.1, 0.15) is 6.04 Å². The van der Waals surface area contributed by atoms with Crippen LogP contribution in [0, 0.1) is 0 Å². The standard InChI is InChI=1S/C13H16Cl2N2O4/c1-21-3-2-16-11(13(19)20)7-12(18)17-10-5-8(14)4-9(15)6-10/h4-6,11,16H,2-3,7H2,1H3,(H,17,18)(H,19,20)/t11-/m0/s1. The van der Waals surface area contributed by atoms with Crippen LogP contribution in [-0.2, 0) is 14.3 Å². The first-order valence-corrected chi connectivity index (χ1v) is 6.89. The van der Waals surface area contributed by atoms with E-state index in [-0.39, 0.29) is 6.42 Å². The number of carboxylic acids is 1. The number of methoxy groups -OCH3 is 1. The number of rotatable bonds is 8. The summed E-state index contributed by atoms with van der Waals surface area (Å²) in [4.78, 5) is 22.9. The number of nitrogens with one attached hydrogen (secondary N) is 2. The topological polar surface area (TPSA) is 87.7 Å². The van der Waals surface area contributed by atoms with Gasteiger partial charge in [0.2, 0.25) is 5.91 Å². The van der Waals surface area contributed by atoms with Crippen LogP contribution in [0.3, 0.4) is 0 Å². The van der Waals surface area contributed by atoms with E-state index in [1.165, 1.54) is 25.3 Å². The molecule has 1 atom stereocenters. The summed E-state index contributed by atoms with van der Waals surface area (Å²) < 4.78 is 4.81. The van der Waals surface area contributed by atoms with Crippen molar-refractivity contribution < 1.29 is 19.4 Å². The van der Waals surface area contributed by atoms with E-state index in [2.05, 4.69) is 10.6 Å². The smallest absolute Gasteiger partial charge is 0.321 e. The molecule has 3 N–H and O–H groups in total. The predicted molar refractivity (Wildman–Crippen MR) is 81.0 cm³/mol. The molecule has 0 saturated heterocycles. The molecule has 116 valence electrons. The van der Waals surface area contributed by atoms with Crippen LogP contribution in [0.5, 0.6) is 0 Å². The van der Waals surface area contributed by atoms with Crippen molar-refractivity contribution in [1.82, 2.24) is 5.32 Å². The van der Waals surface area contributed by atoms with Gasteiger partial charge in [0, 0.05) is 29.4 Å². The van der Waals surface area contributed by atoms with E-state index < -0.39 is 17.9 Å². The predicted octanol–water partition coefficient (Wildman–Crippen LogP) is 2.01. The van der Waals surface area contributed by atoms with E-state index in [9.17, 15) is 9.59 Å². The Labute approximate surface area is 132 Å². The lowest BCUT2D eigenvalue weighted by Gasteiger charge is -2.14.